The van der Waals surface area contributed by atoms with Crippen molar-refractivity contribution in [2.45, 2.75) is 93.3 Å². The van der Waals surface area contributed by atoms with E-state index in [2.05, 4.69) is 21.3 Å². The number of halogens is 3. The molecular formula is C43H46Cl2FN5O7. The molecule has 12 nitrogen and oxygen atoms in total. The Morgan fingerprint density at radius 3 is 2.50 bits per heavy atom. The number of nitrogens with one attached hydrogen (secondary N) is 4. The predicted octanol–water partition coefficient (Wildman–Crippen LogP) is 5.32. The van der Waals surface area contributed by atoms with Crippen LogP contribution in [0.5, 0.6) is 0 Å². The highest BCUT2D eigenvalue weighted by atomic mass is 35.5. The Bertz CT molecular complexity index is 2150. The Labute approximate surface area is 345 Å². The minimum atomic E-state index is -1.30. The van der Waals surface area contributed by atoms with Crippen LogP contribution in [0.3, 0.4) is 0 Å². The van der Waals surface area contributed by atoms with Gasteiger partial charge in [-0.2, -0.15) is 0 Å². The van der Waals surface area contributed by atoms with Crippen molar-refractivity contribution in [3.05, 3.63) is 98.3 Å². The average Bonchev–Trinajstić information content (AvgIpc) is 3.80. The lowest BCUT2D eigenvalue weighted by molar-refractivity contribution is -0.137. The van der Waals surface area contributed by atoms with Crippen molar-refractivity contribution in [2.75, 3.05) is 38.3 Å². The summed E-state index contributed by atoms with van der Waals surface area (Å²) < 4.78 is 27.7. The maximum absolute atomic E-state index is 16.1. The summed E-state index contributed by atoms with van der Waals surface area (Å²) in [5.74, 6) is -3.16. The van der Waals surface area contributed by atoms with Crippen molar-refractivity contribution in [1.29, 1.82) is 0 Å². The summed E-state index contributed by atoms with van der Waals surface area (Å²) in [4.78, 5) is 67.4. The van der Waals surface area contributed by atoms with E-state index in [1.165, 1.54) is 6.07 Å². The summed E-state index contributed by atoms with van der Waals surface area (Å²) in [6, 6.07) is 14.0. The van der Waals surface area contributed by atoms with Crippen LogP contribution in [0, 0.1) is 5.82 Å². The molecule has 0 radical (unpaired) electrons. The number of anilines is 1. The summed E-state index contributed by atoms with van der Waals surface area (Å²) in [6.07, 6.45) is 5.87. The summed E-state index contributed by atoms with van der Waals surface area (Å²) in [5.41, 5.74) is 1.85. The van der Waals surface area contributed by atoms with Crippen LogP contribution in [0.15, 0.2) is 54.6 Å². The van der Waals surface area contributed by atoms with Gasteiger partial charge in [-0.25, -0.2) is 4.39 Å². The number of benzene rings is 3. The molecule has 1 unspecified atom stereocenters. The molecular weight excluding hydrogens is 788 g/mol. The molecule has 5 amide bonds. The molecule has 2 spiro atoms. The number of carbonyl (C=O) groups is 5. The molecule has 3 fully saturated rings. The van der Waals surface area contributed by atoms with E-state index in [0.717, 1.165) is 30.4 Å². The SMILES string of the molecule is O=C1CCC(N2Cc3c(CCCOCCOCCNC(=O)[C@@H]4NC5(CCCCC5)[C@@]5(C(=O)Nc6cc(Cl)ccc65)[C@H]4c4cccc(Cl)c4F)cccc3C2=O)C(=O)N1. The molecule has 306 valence electrons. The number of piperidine rings is 1. The number of carbonyl (C=O) groups excluding carboxylic acids is 5. The zero-order valence-electron chi connectivity index (χ0n) is 32.0. The van der Waals surface area contributed by atoms with Crippen molar-refractivity contribution in [2.24, 2.45) is 0 Å². The van der Waals surface area contributed by atoms with Gasteiger partial charge in [-0.15, -0.1) is 0 Å². The molecule has 4 N–H and O–H groups in total. The van der Waals surface area contributed by atoms with E-state index in [1.54, 1.807) is 35.2 Å². The first-order valence-electron chi connectivity index (χ1n) is 20.1. The van der Waals surface area contributed by atoms with Crippen molar-refractivity contribution in [3.8, 4) is 0 Å². The number of rotatable bonds is 13. The van der Waals surface area contributed by atoms with Gasteiger partial charge in [-0.3, -0.25) is 34.6 Å². The number of nitrogens with zero attached hydrogens (tertiary/aromatic N) is 1. The standard InChI is InChI=1S/C43H46Cl2FN5O7/c44-26-12-13-30-32(23-26)48-41(56)43(30)35(28-10-5-11-31(45)36(28)46)37(50-42(43)16-2-1-3-17-42)39(54)47-18-20-58-22-21-57-19-6-8-25-7-4-9-27-29(25)24-51(40(27)55)33-14-15-34(52)49-38(33)53/h4-5,7,9-13,23,33,35,37,50H,1-3,6,8,14-22,24H2,(H,47,54)(H,48,56)(H,49,52,53)/t33?,35-,37+,43+/m0/s1. The van der Waals surface area contributed by atoms with Gasteiger partial charge in [0.1, 0.15) is 17.3 Å². The van der Waals surface area contributed by atoms with Gasteiger partial charge < -0.3 is 25.0 Å². The Morgan fingerprint density at radius 1 is 0.931 bits per heavy atom. The summed E-state index contributed by atoms with van der Waals surface area (Å²) in [6.45, 7) is 1.84. The van der Waals surface area contributed by atoms with Gasteiger partial charge in [0.15, 0.2) is 0 Å². The Kier molecular flexibility index (Phi) is 11.6. The molecule has 3 aromatic rings. The molecule has 0 bridgehead atoms. The highest BCUT2D eigenvalue weighted by molar-refractivity contribution is 6.31. The molecule has 2 saturated heterocycles. The minimum Gasteiger partial charge on any atom is -0.379 e. The lowest BCUT2D eigenvalue weighted by Gasteiger charge is -2.47. The third-order valence-corrected chi connectivity index (χ3v) is 13.2. The smallest absolute Gasteiger partial charge is 0.255 e. The third-order valence-electron chi connectivity index (χ3n) is 12.6. The number of hydrogen-bond acceptors (Lipinski definition) is 8. The Balaban J connectivity index is 0.851. The van der Waals surface area contributed by atoms with E-state index in [4.69, 9.17) is 32.7 Å². The molecule has 4 atom stereocenters. The molecule has 4 heterocycles. The summed E-state index contributed by atoms with van der Waals surface area (Å²) >= 11 is 12.7. The molecule has 0 aromatic heterocycles. The second-order valence-corrected chi connectivity index (χ2v) is 16.6. The molecule has 1 saturated carbocycles. The fourth-order valence-electron chi connectivity index (χ4n) is 10.1. The average molecular weight is 835 g/mol. The van der Waals surface area contributed by atoms with Gasteiger partial charge in [0.05, 0.1) is 30.9 Å². The number of fused-ring (bicyclic) bond motifs is 4. The van der Waals surface area contributed by atoms with Crippen LogP contribution in [0.4, 0.5) is 10.1 Å². The fraction of sp³-hybridized carbons (Fsp3) is 0.465. The number of amides is 5. The van der Waals surface area contributed by atoms with E-state index in [-0.39, 0.29) is 53.8 Å². The monoisotopic (exact) mass is 833 g/mol. The molecule has 58 heavy (non-hydrogen) atoms. The van der Waals surface area contributed by atoms with E-state index >= 15 is 4.39 Å². The number of aryl methyl sites for hydroxylation is 1. The van der Waals surface area contributed by atoms with Gasteiger partial charge in [0, 0.05) is 53.8 Å². The number of hydrogen-bond donors (Lipinski definition) is 4. The highest BCUT2D eigenvalue weighted by Crippen LogP contribution is 2.62. The van der Waals surface area contributed by atoms with Gasteiger partial charge in [0.2, 0.25) is 23.6 Å². The van der Waals surface area contributed by atoms with Crippen molar-refractivity contribution < 1.29 is 37.8 Å². The Morgan fingerprint density at radius 2 is 1.71 bits per heavy atom. The van der Waals surface area contributed by atoms with Gasteiger partial charge >= 0.3 is 0 Å². The van der Waals surface area contributed by atoms with Crippen LogP contribution in [0.2, 0.25) is 10.0 Å². The normalized spacial score (nSPS) is 24.6. The summed E-state index contributed by atoms with van der Waals surface area (Å²) in [7, 11) is 0. The maximum Gasteiger partial charge on any atom is 0.255 e. The molecule has 4 aliphatic heterocycles. The van der Waals surface area contributed by atoms with E-state index in [9.17, 15) is 24.0 Å². The second-order valence-electron chi connectivity index (χ2n) is 15.8. The van der Waals surface area contributed by atoms with E-state index < -0.39 is 40.7 Å². The van der Waals surface area contributed by atoms with Crippen molar-refractivity contribution in [1.82, 2.24) is 20.9 Å². The zero-order chi connectivity index (χ0) is 40.6. The molecule has 3 aromatic carbocycles. The first-order valence-corrected chi connectivity index (χ1v) is 20.8. The first kappa shape index (κ1) is 40.4. The zero-order valence-corrected chi connectivity index (χ0v) is 33.5. The quantitative estimate of drug-likeness (QED) is 0.133. The van der Waals surface area contributed by atoms with Crippen molar-refractivity contribution >= 4 is 58.4 Å². The molecule has 1 aliphatic carbocycles. The molecule has 15 heteroatoms. The minimum absolute atomic E-state index is 0.0832. The van der Waals surface area contributed by atoms with E-state index in [0.29, 0.717) is 80.3 Å². The predicted molar refractivity (Wildman–Crippen MR) is 214 cm³/mol. The Hall–Kier alpha value is -4.40. The maximum atomic E-state index is 16.1. The lowest BCUT2D eigenvalue weighted by atomic mass is 9.55. The van der Waals surface area contributed by atoms with Gasteiger partial charge in [0.25, 0.3) is 5.91 Å². The number of ether oxygens (including phenoxy) is 2. The third kappa shape index (κ3) is 7.08. The van der Waals surface area contributed by atoms with Gasteiger partial charge in [-0.05, 0) is 78.6 Å². The van der Waals surface area contributed by atoms with Crippen LogP contribution in [-0.4, -0.2) is 85.0 Å². The van der Waals surface area contributed by atoms with Crippen LogP contribution in [-0.2, 0) is 47.0 Å². The van der Waals surface area contributed by atoms with Crippen LogP contribution in [0.1, 0.15) is 89.9 Å². The first-order chi connectivity index (χ1) is 28.1. The van der Waals surface area contributed by atoms with Crippen LogP contribution < -0.4 is 21.3 Å². The molecule has 8 rings (SSSR count). The largest absolute Gasteiger partial charge is 0.379 e. The van der Waals surface area contributed by atoms with E-state index in [1.807, 2.05) is 18.2 Å². The topological polar surface area (TPSA) is 155 Å². The fourth-order valence-corrected chi connectivity index (χ4v) is 10.5. The van der Waals surface area contributed by atoms with Crippen LogP contribution in [0.25, 0.3) is 0 Å². The molecule has 5 aliphatic rings. The van der Waals surface area contributed by atoms with Crippen molar-refractivity contribution in [3.63, 3.8) is 0 Å². The highest BCUT2D eigenvalue weighted by Gasteiger charge is 2.72. The second kappa shape index (κ2) is 16.7. The summed E-state index contributed by atoms with van der Waals surface area (Å²) in [5, 5.41) is 12.4. The van der Waals surface area contributed by atoms with Gasteiger partial charge in [-0.1, -0.05) is 72.8 Å². The van der Waals surface area contributed by atoms with Crippen LogP contribution >= 0.6 is 23.2 Å². The lowest BCUT2D eigenvalue weighted by Crippen LogP contribution is -2.60. The number of imide groups is 1.